The molecule has 0 bridgehead atoms. The molecule has 0 fully saturated rings. The summed E-state index contributed by atoms with van der Waals surface area (Å²) in [6.07, 6.45) is 2.85. The largest absolute Gasteiger partial charge is 0.322 e. The van der Waals surface area contributed by atoms with Gasteiger partial charge in [0.25, 0.3) is 0 Å². The molecule has 0 amide bonds. The first-order valence-electron chi connectivity index (χ1n) is 5.71. The number of rotatable bonds is 5. The van der Waals surface area contributed by atoms with Gasteiger partial charge in [0.2, 0.25) is 0 Å². The lowest BCUT2D eigenvalue weighted by Crippen LogP contribution is -2.26. The zero-order valence-electron chi connectivity index (χ0n) is 10.1. The van der Waals surface area contributed by atoms with Crippen molar-refractivity contribution in [3.63, 3.8) is 0 Å². The Morgan fingerprint density at radius 3 is 2.60 bits per heavy atom. The van der Waals surface area contributed by atoms with E-state index in [9.17, 15) is 0 Å². The molecule has 0 aliphatic heterocycles. The highest BCUT2D eigenvalue weighted by Crippen LogP contribution is 2.24. The Morgan fingerprint density at radius 2 is 2.07 bits per heavy atom. The maximum absolute atomic E-state index is 6.21. The summed E-state index contributed by atoms with van der Waals surface area (Å²) in [6, 6.07) is 0.0338. The second-order valence-corrected chi connectivity index (χ2v) is 4.51. The monoisotopic (exact) mass is 210 g/mol. The minimum Gasteiger partial charge on any atom is -0.322 e. The van der Waals surface area contributed by atoms with Gasteiger partial charge in [-0.3, -0.25) is 0 Å². The fourth-order valence-corrected chi connectivity index (χ4v) is 1.59. The van der Waals surface area contributed by atoms with Crippen molar-refractivity contribution in [3.8, 4) is 0 Å². The highest BCUT2D eigenvalue weighted by molar-refractivity contribution is 5.03. The minimum atomic E-state index is 0.0338. The second-order valence-electron chi connectivity index (χ2n) is 4.51. The number of hydrogen-bond acceptors (Lipinski definition) is 3. The summed E-state index contributed by atoms with van der Waals surface area (Å²) in [6.45, 7) is 9.59. The third-order valence-corrected chi connectivity index (χ3v) is 3.04. The Balaban J connectivity index is 2.80. The maximum atomic E-state index is 6.21. The lowest BCUT2D eigenvalue weighted by Gasteiger charge is -2.23. The number of hydrogen-bond donors (Lipinski definition) is 1. The minimum absolute atomic E-state index is 0.0338. The van der Waals surface area contributed by atoms with E-state index in [0.717, 1.165) is 18.7 Å². The standard InChI is InChI=1S/C11H22N4/c1-5-6-15-10(7-13-14-15)11(12)9(4)8(2)3/h7-9,11H,5-6,12H2,1-4H3. The van der Waals surface area contributed by atoms with E-state index in [0.29, 0.717) is 11.8 Å². The highest BCUT2D eigenvalue weighted by atomic mass is 15.4. The van der Waals surface area contributed by atoms with Gasteiger partial charge in [-0.25, -0.2) is 4.68 Å². The lowest BCUT2D eigenvalue weighted by molar-refractivity contribution is 0.336. The molecule has 4 heteroatoms. The van der Waals surface area contributed by atoms with Gasteiger partial charge in [-0.1, -0.05) is 32.9 Å². The average molecular weight is 210 g/mol. The smallest absolute Gasteiger partial charge is 0.0757 e. The molecule has 15 heavy (non-hydrogen) atoms. The van der Waals surface area contributed by atoms with E-state index >= 15 is 0 Å². The van der Waals surface area contributed by atoms with Crippen LogP contribution in [-0.2, 0) is 6.54 Å². The van der Waals surface area contributed by atoms with Crippen molar-refractivity contribution in [3.05, 3.63) is 11.9 Å². The first-order valence-corrected chi connectivity index (χ1v) is 5.71. The van der Waals surface area contributed by atoms with E-state index in [-0.39, 0.29) is 6.04 Å². The van der Waals surface area contributed by atoms with Gasteiger partial charge in [0.1, 0.15) is 0 Å². The van der Waals surface area contributed by atoms with Gasteiger partial charge < -0.3 is 5.73 Å². The van der Waals surface area contributed by atoms with Gasteiger partial charge in [-0.15, -0.1) is 5.10 Å². The molecule has 86 valence electrons. The summed E-state index contributed by atoms with van der Waals surface area (Å²) in [5, 5.41) is 7.99. The van der Waals surface area contributed by atoms with E-state index in [1.165, 1.54) is 0 Å². The van der Waals surface area contributed by atoms with Crippen LogP contribution in [0.15, 0.2) is 6.20 Å². The third kappa shape index (κ3) is 2.78. The van der Waals surface area contributed by atoms with Gasteiger partial charge in [0.05, 0.1) is 17.9 Å². The lowest BCUT2D eigenvalue weighted by atomic mass is 9.89. The Labute approximate surface area is 91.9 Å². The molecule has 2 atom stereocenters. The van der Waals surface area contributed by atoms with Gasteiger partial charge in [0, 0.05) is 6.54 Å². The normalized spacial score (nSPS) is 15.6. The molecular formula is C11H22N4. The molecule has 2 unspecified atom stereocenters. The van der Waals surface area contributed by atoms with Crippen LogP contribution < -0.4 is 5.73 Å². The molecule has 2 N–H and O–H groups in total. The zero-order valence-corrected chi connectivity index (χ0v) is 10.1. The van der Waals surface area contributed by atoms with Crippen LogP contribution in [0.25, 0.3) is 0 Å². The molecule has 0 aromatic carbocycles. The quantitative estimate of drug-likeness (QED) is 0.808. The van der Waals surface area contributed by atoms with Gasteiger partial charge >= 0.3 is 0 Å². The van der Waals surface area contributed by atoms with Crippen LogP contribution in [0.4, 0.5) is 0 Å². The van der Waals surface area contributed by atoms with Crippen molar-refractivity contribution in [2.24, 2.45) is 17.6 Å². The summed E-state index contributed by atoms with van der Waals surface area (Å²) in [5.41, 5.74) is 7.27. The molecule has 0 aliphatic rings. The number of nitrogens with zero attached hydrogens (tertiary/aromatic N) is 3. The van der Waals surface area contributed by atoms with E-state index in [2.05, 4.69) is 38.0 Å². The van der Waals surface area contributed by atoms with Crippen molar-refractivity contribution in [1.29, 1.82) is 0 Å². The SMILES string of the molecule is CCCn1nncc1C(N)C(C)C(C)C. The summed E-state index contributed by atoms with van der Waals surface area (Å²) < 4.78 is 1.92. The summed E-state index contributed by atoms with van der Waals surface area (Å²) in [7, 11) is 0. The molecule has 0 spiro atoms. The molecule has 0 saturated heterocycles. The number of aromatic nitrogens is 3. The number of nitrogens with two attached hydrogens (primary N) is 1. The second kappa shape index (κ2) is 5.26. The van der Waals surface area contributed by atoms with Gasteiger partial charge in [-0.05, 0) is 18.3 Å². The molecule has 1 aromatic rings. The Bertz CT molecular complexity index is 293. The summed E-state index contributed by atoms with van der Waals surface area (Å²) >= 11 is 0. The molecule has 1 rings (SSSR count). The van der Waals surface area contributed by atoms with Crippen LogP contribution in [0.5, 0.6) is 0 Å². The Morgan fingerprint density at radius 1 is 1.40 bits per heavy atom. The molecular weight excluding hydrogens is 188 g/mol. The molecule has 0 saturated carbocycles. The Hall–Kier alpha value is -0.900. The van der Waals surface area contributed by atoms with E-state index in [1.807, 2.05) is 4.68 Å². The maximum Gasteiger partial charge on any atom is 0.0757 e. The van der Waals surface area contributed by atoms with E-state index in [1.54, 1.807) is 6.20 Å². The Kier molecular flexibility index (Phi) is 4.27. The predicted molar refractivity (Wildman–Crippen MR) is 61.2 cm³/mol. The van der Waals surface area contributed by atoms with Crippen molar-refractivity contribution < 1.29 is 0 Å². The van der Waals surface area contributed by atoms with Crippen LogP contribution in [0.3, 0.4) is 0 Å². The molecule has 1 aromatic heterocycles. The van der Waals surface area contributed by atoms with Crippen LogP contribution in [-0.4, -0.2) is 15.0 Å². The fraction of sp³-hybridized carbons (Fsp3) is 0.818. The summed E-state index contributed by atoms with van der Waals surface area (Å²) in [5.74, 6) is 1.02. The van der Waals surface area contributed by atoms with Crippen LogP contribution in [0.1, 0.15) is 45.9 Å². The topological polar surface area (TPSA) is 56.7 Å². The average Bonchev–Trinajstić information content (AvgIpc) is 2.64. The number of aryl methyl sites for hydroxylation is 1. The zero-order chi connectivity index (χ0) is 11.4. The van der Waals surface area contributed by atoms with Crippen molar-refractivity contribution in [2.75, 3.05) is 0 Å². The van der Waals surface area contributed by atoms with Crippen LogP contribution in [0.2, 0.25) is 0 Å². The van der Waals surface area contributed by atoms with Crippen LogP contribution in [0, 0.1) is 11.8 Å². The molecule has 0 aliphatic carbocycles. The highest BCUT2D eigenvalue weighted by Gasteiger charge is 2.21. The predicted octanol–water partition coefficient (Wildman–Crippen LogP) is 1.98. The van der Waals surface area contributed by atoms with Gasteiger partial charge in [0.15, 0.2) is 0 Å². The van der Waals surface area contributed by atoms with Crippen molar-refractivity contribution >= 4 is 0 Å². The third-order valence-electron chi connectivity index (χ3n) is 3.04. The summed E-state index contributed by atoms with van der Waals surface area (Å²) in [4.78, 5) is 0. The van der Waals surface area contributed by atoms with Crippen molar-refractivity contribution in [2.45, 2.75) is 46.7 Å². The molecule has 1 heterocycles. The van der Waals surface area contributed by atoms with E-state index in [4.69, 9.17) is 5.73 Å². The van der Waals surface area contributed by atoms with Gasteiger partial charge in [-0.2, -0.15) is 0 Å². The van der Waals surface area contributed by atoms with E-state index < -0.39 is 0 Å². The molecule has 0 radical (unpaired) electrons. The molecule has 4 nitrogen and oxygen atoms in total. The first kappa shape index (κ1) is 12.2. The first-order chi connectivity index (χ1) is 7.07. The fourth-order valence-electron chi connectivity index (χ4n) is 1.59. The van der Waals surface area contributed by atoms with Crippen LogP contribution >= 0.6 is 0 Å². The van der Waals surface area contributed by atoms with Crippen molar-refractivity contribution in [1.82, 2.24) is 15.0 Å².